The summed E-state index contributed by atoms with van der Waals surface area (Å²) in [5, 5.41) is 0. The standard InChI is InChI=1S/C13H13F3O3/c1-9(17)3-2-8-19-12(18)10-4-6-11(7-5-10)13(14,15)16/h4-7H,2-3,8H2,1H3. The lowest BCUT2D eigenvalue weighted by Crippen LogP contribution is -2.09. The van der Waals surface area contributed by atoms with Gasteiger partial charge in [-0.3, -0.25) is 0 Å². The fourth-order valence-electron chi connectivity index (χ4n) is 1.36. The Morgan fingerprint density at radius 1 is 1.16 bits per heavy atom. The van der Waals surface area contributed by atoms with Gasteiger partial charge in [-0.2, -0.15) is 13.2 Å². The maximum atomic E-state index is 12.3. The molecule has 0 amide bonds. The number of carbonyl (C=O) groups is 2. The van der Waals surface area contributed by atoms with Gasteiger partial charge in [0.2, 0.25) is 0 Å². The van der Waals surface area contributed by atoms with E-state index < -0.39 is 17.7 Å². The Bertz CT molecular complexity index is 449. The van der Waals surface area contributed by atoms with Crippen LogP contribution < -0.4 is 0 Å². The third-order valence-corrected chi connectivity index (χ3v) is 2.35. The summed E-state index contributed by atoms with van der Waals surface area (Å²) < 4.78 is 41.7. The second-order valence-corrected chi connectivity index (χ2v) is 4.02. The van der Waals surface area contributed by atoms with E-state index in [0.717, 1.165) is 24.3 Å². The van der Waals surface area contributed by atoms with Crippen molar-refractivity contribution in [2.75, 3.05) is 6.61 Å². The molecule has 0 unspecified atom stereocenters. The van der Waals surface area contributed by atoms with Gasteiger partial charge in [-0.15, -0.1) is 0 Å². The third kappa shape index (κ3) is 5.11. The molecule has 0 atom stereocenters. The third-order valence-electron chi connectivity index (χ3n) is 2.35. The number of halogens is 3. The molecule has 0 spiro atoms. The van der Waals surface area contributed by atoms with Crippen LogP contribution in [0.1, 0.15) is 35.7 Å². The van der Waals surface area contributed by atoms with Crippen LogP contribution in [0, 0.1) is 0 Å². The first-order valence-corrected chi connectivity index (χ1v) is 5.64. The van der Waals surface area contributed by atoms with Crippen molar-refractivity contribution in [1.29, 1.82) is 0 Å². The summed E-state index contributed by atoms with van der Waals surface area (Å²) in [5.41, 5.74) is -0.767. The molecular weight excluding hydrogens is 261 g/mol. The fraction of sp³-hybridized carbons (Fsp3) is 0.385. The highest BCUT2D eigenvalue weighted by molar-refractivity contribution is 5.89. The van der Waals surface area contributed by atoms with E-state index in [-0.39, 0.29) is 18.0 Å². The predicted molar refractivity (Wildman–Crippen MR) is 61.6 cm³/mol. The molecule has 0 saturated carbocycles. The molecule has 0 radical (unpaired) electrons. The molecule has 104 valence electrons. The molecule has 0 bridgehead atoms. The minimum absolute atomic E-state index is 0.00872. The first kappa shape index (κ1) is 15.2. The van der Waals surface area contributed by atoms with Crippen LogP contribution in [-0.2, 0) is 15.7 Å². The van der Waals surface area contributed by atoms with Gasteiger partial charge in [0.05, 0.1) is 17.7 Å². The van der Waals surface area contributed by atoms with Crippen molar-refractivity contribution in [2.45, 2.75) is 25.9 Å². The van der Waals surface area contributed by atoms with Crippen LogP contribution in [0.2, 0.25) is 0 Å². The maximum absolute atomic E-state index is 12.3. The quantitative estimate of drug-likeness (QED) is 0.611. The van der Waals surface area contributed by atoms with E-state index in [1.807, 2.05) is 0 Å². The highest BCUT2D eigenvalue weighted by Crippen LogP contribution is 2.29. The average molecular weight is 274 g/mol. The van der Waals surface area contributed by atoms with Crippen LogP contribution >= 0.6 is 0 Å². The average Bonchev–Trinajstić information content (AvgIpc) is 2.33. The summed E-state index contributed by atoms with van der Waals surface area (Å²) >= 11 is 0. The Labute approximate surface area is 108 Å². The van der Waals surface area contributed by atoms with Crippen molar-refractivity contribution in [3.8, 4) is 0 Å². The van der Waals surface area contributed by atoms with Gasteiger partial charge in [0.1, 0.15) is 5.78 Å². The van der Waals surface area contributed by atoms with Crippen molar-refractivity contribution in [1.82, 2.24) is 0 Å². The molecule has 0 aliphatic rings. The minimum Gasteiger partial charge on any atom is -0.462 e. The molecule has 0 heterocycles. The van der Waals surface area contributed by atoms with Crippen LogP contribution in [0.5, 0.6) is 0 Å². The number of hydrogen-bond donors (Lipinski definition) is 0. The normalized spacial score (nSPS) is 11.2. The number of alkyl halides is 3. The second-order valence-electron chi connectivity index (χ2n) is 4.02. The van der Waals surface area contributed by atoms with Gasteiger partial charge in [0, 0.05) is 6.42 Å². The molecule has 0 aromatic heterocycles. The number of carbonyl (C=O) groups excluding carboxylic acids is 2. The van der Waals surface area contributed by atoms with E-state index in [1.165, 1.54) is 6.92 Å². The van der Waals surface area contributed by atoms with Crippen LogP contribution in [-0.4, -0.2) is 18.4 Å². The van der Waals surface area contributed by atoms with Crippen LogP contribution in [0.15, 0.2) is 24.3 Å². The number of Topliss-reactive ketones (excluding diaryl/α,β-unsaturated/α-hetero) is 1. The number of ketones is 1. The smallest absolute Gasteiger partial charge is 0.416 e. The molecule has 0 fully saturated rings. The molecule has 0 aliphatic carbocycles. The first-order chi connectivity index (χ1) is 8.80. The van der Waals surface area contributed by atoms with Crippen molar-refractivity contribution < 1.29 is 27.5 Å². The Morgan fingerprint density at radius 3 is 2.21 bits per heavy atom. The molecule has 1 aromatic rings. The fourth-order valence-corrected chi connectivity index (χ4v) is 1.36. The minimum atomic E-state index is -4.43. The zero-order chi connectivity index (χ0) is 14.5. The lowest BCUT2D eigenvalue weighted by molar-refractivity contribution is -0.137. The van der Waals surface area contributed by atoms with E-state index in [4.69, 9.17) is 4.74 Å². The van der Waals surface area contributed by atoms with Crippen molar-refractivity contribution in [3.05, 3.63) is 35.4 Å². The molecule has 19 heavy (non-hydrogen) atoms. The summed E-state index contributed by atoms with van der Waals surface area (Å²) in [5.74, 6) is -0.706. The van der Waals surface area contributed by atoms with Crippen molar-refractivity contribution >= 4 is 11.8 Å². The molecule has 3 nitrogen and oxygen atoms in total. The number of hydrogen-bond acceptors (Lipinski definition) is 3. The molecule has 0 N–H and O–H groups in total. The van der Waals surface area contributed by atoms with Gasteiger partial charge < -0.3 is 9.53 Å². The maximum Gasteiger partial charge on any atom is 0.416 e. The monoisotopic (exact) mass is 274 g/mol. The van der Waals surface area contributed by atoms with Gasteiger partial charge in [0.25, 0.3) is 0 Å². The molecular formula is C13H13F3O3. The summed E-state index contributed by atoms with van der Waals surface area (Å²) in [4.78, 5) is 22.1. The van der Waals surface area contributed by atoms with Crippen molar-refractivity contribution in [3.63, 3.8) is 0 Å². The van der Waals surface area contributed by atoms with E-state index in [1.54, 1.807) is 0 Å². The van der Waals surface area contributed by atoms with E-state index in [2.05, 4.69) is 0 Å². The Kier molecular flexibility index (Phi) is 5.09. The van der Waals surface area contributed by atoms with Crippen molar-refractivity contribution in [2.24, 2.45) is 0 Å². The second kappa shape index (κ2) is 6.36. The molecule has 0 aliphatic heterocycles. The number of ether oxygens (including phenoxy) is 1. The van der Waals surface area contributed by atoms with Gasteiger partial charge in [-0.1, -0.05) is 0 Å². The lowest BCUT2D eigenvalue weighted by atomic mass is 10.1. The SMILES string of the molecule is CC(=O)CCCOC(=O)c1ccc(C(F)(F)F)cc1. The molecule has 0 saturated heterocycles. The Morgan fingerprint density at radius 2 is 1.74 bits per heavy atom. The van der Waals surface area contributed by atoms with E-state index in [9.17, 15) is 22.8 Å². The molecule has 1 rings (SSSR count). The summed E-state index contributed by atoms with van der Waals surface area (Å²) in [6.45, 7) is 1.50. The van der Waals surface area contributed by atoms with Gasteiger partial charge in [0.15, 0.2) is 0 Å². The molecule has 1 aromatic carbocycles. The molecule has 6 heteroatoms. The zero-order valence-corrected chi connectivity index (χ0v) is 10.3. The van der Waals surface area contributed by atoms with Crippen LogP contribution in [0.4, 0.5) is 13.2 Å². The van der Waals surface area contributed by atoms with Gasteiger partial charge in [-0.05, 0) is 37.6 Å². The zero-order valence-electron chi connectivity index (χ0n) is 10.3. The van der Waals surface area contributed by atoms with E-state index in [0.29, 0.717) is 12.8 Å². The number of esters is 1. The topological polar surface area (TPSA) is 43.4 Å². The van der Waals surface area contributed by atoms with Crippen LogP contribution in [0.3, 0.4) is 0 Å². The highest BCUT2D eigenvalue weighted by Gasteiger charge is 2.30. The van der Waals surface area contributed by atoms with Gasteiger partial charge >= 0.3 is 12.1 Å². The Balaban J connectivity index is 2.52. The lowest BCUT2D eigenvalue weighted by Gasteiger charge is -2.07. The Hall–Kier alpha value is -1.85. The van der Waals surface area contributed by atoms with E-state index >= 15 is 0 Å². The number of benzene rings is 1. The highest BCUT2D eigenvalue weighted by atomic mass is 19.4. The van der Waals surface area contributed by atoms with Gasteiger partial charge in [-0.25, -0.2) is 4.79 Å². The summed E-state index contributed by atoms with van der Waals surface area (Å²) in [6.07, 6.45) is -3.72. The summed E-state index contributed by atoms with van der Waals surface area (Å²) in [7, 11) is 0. The first-order valence-electron chi connectivity index (χ1n) is 5.64. The van der Waals surface area contributed by atoms with Crippen LogP contribution in [0.25, 0.3) is 0 Å². The number of rotatable bonds is 5. The largest absolute Gasteiger partial charge is 0.462 e. The predicted octanol–water partition coefficient (Wildman–Crippen LogP) is 3.23. The summed E-state index contributed by atoms with van der Waals surface area (Å²) in [6, 6.07) is 3.78.